The average molecular weight is 138 g/mol. The van der Waals surface area contributed by atoms with Gasteiger partial charge in [-0.1, -0.05) is 6.08 Å². The summed E-state index contributed by atoms with van der Waals surface area (Å²) in [6.45, 7) is 5.29. The van der Waals surface area contributed by atoms with Gasteiger partial charge >= 0.3 is 0 Å². The highest BCUT2D eigenvalue weighted by molar-refractivity contribution is 5.17. The van der Waals surface area contributed by atoms with E-state index in [1.165, 1.54) is 12.3 Å². The van der Waals surface area contributed by atoms with Crippen molar-refractivity contribution >= 4 is 0 Å². The highest BCUT2D eigenvalue weighted by atomic mass is 16.3. The van der Waals surface area contributed by atoms with Crippen LogP contribution in [0, 0.1) is 6.92 Å². The number of aliphatic hydroxyl groups is 1. The number of hydrogen-bond donors (Lipinski definition) is 1. The van der Waals surface area contributed by atoms with Gasteiger partial charge in [0.1, 0.15) is 5.76 Å². The van der Waals surface area contributed by atoms with E-state index in [9.17, 15) is 0 Å². The van der Waals surface area contributed by atoms with Crippen molar-refractivity contribution in [2.75, 3.05) is 0 Å². The van der Waals surface area contributed by atoms with Crippen LogP contribution in [0.2, 0.25) is 0 Å². The summed E-state index contributed by atoms with van der Waals surface area (Å²) in [7, 11) is 0. The maximum Gasteiger partial charge on any atom is 0.101 e. The minimum absolute atomic E-state index is 0.600. The van der Waals surface area contributed by atoms with Gasteiger partial charge in [0.2, 0.25) is 0 Å². The Labute approximate surface area is 59.8 Å². The topological polar surface area (TPSA) is 33.4 Å². The van der Waals surface area contributed by atoms with Gasteiger partial charge in [0, 0.05) is 5.56 Å². The Morgan fingerprint density at radius 1 is 1.80 bits per heavy atom. The van der Waals surface area contributed by atoms with E-state index < -0.39 is 6.10 Å². The van der Waals surface area contributed by atoms with Crippen LogP contribution in [0.15, 0.2) is 29.4 Å². The van der Waals surface area contributed by atoms with E-state index in [-0.39, 0.29) is 0 Å². The van der Waals surface area contributed by atoms with Gasteiger partial charge in [0.15, 0.2) is 0 Å². The van der Waals surface area contributed by atoms with Gasteiger partial charge in [-0.25, -0.2) is 0 Å². The van der Waals surface area contributed by atoms with E-state index in [1.807, 2.05) is 6.92 Å². The molecule has 1 unspecified atom stereocenters. The van der Waals surface area contributed by atoms with Crippen molar-refractivity contribution in [3.63, 3.8) is 0 Å². The minimum atomic E-state index is -0.600. The molecule has 54 valence electrons. The van der Waals surface area contributed by atoms with Crippen molar-refractivity contribution in [2.24, 2.45) is 0 Å². The van der Waals surface area contributed by atoms with Crippen LogP contribution in [0.1, 0.15) is 17.4 Å². The zero-order valence-corrected chi connectivity index (χ0v) is 5.87. The van der Waals surface area contributed by atoms with E-state index in [0.717, 1.165) is 11.3 Å². The Balaban J connectivity index is 2.84. The summed E-state index contributed by atoms with van der Waals surface area (Å²) in [6, 6.07) is 1.78. The fourth-order valence-electron chi connectivity index (χ4n) is 0.755. The molecule has 1 rings (SSSR count). The number of rotatable bonds is 2. The Hall–Kier alpha value is -1.02. The molecule has 0 fully saturated rings. The van der Waals surface area contributed by atoms with Crippen molar-refractivity contribution in [1.82, 2.24) is 0 Å². The molecule has 0 aliphatic carbocycles. The molecule has 1 aromatic heterocycles. The molecule has 0 aromatic carbocycles. The quantitative estimate of drug-likeness (QED) is 0.632. The Kier molecular flexibility index (Phi) is 1.92. The normalized spacial score (nSPS) is 13.0. The van der Waals surface area contributed by atoms with Crippen molar-refractivity contribution in [3.05, 3.63) is 36.3 Å². The number of hydrogen-bond acceptors (Lipinski definition) is 2. The standard InChI is InChI=1S/C8H10O2/c1-3-8(9)7-4-6(2)10-5-7/h3-5,8-9H,1H2,2H3. The highest BCUT2D eigenvalue weighted by Crippen LogP contribution is 2.15. The summed E-state index contributed by atoms with van der Waals surface area (Å²) >= 11 is 0. The molecule has 0 saturated carbocycles. The lowest BCUT2D eigenvalue weighted by Crippen LogP contribution is -1.87. The third-order valence-electron chi connectivity index (χ3n) is 1.32. The molecule has 2 heteroatoms. The zero-order chi connectivity index (χ0) is 7.56. The first-order valence-corrected chi connectivity index (χ1v) is 3.09. The second-order valence-corrected chi connectivity index (χ2v) is 2.17. The van der Waals surface area contributed by atoms with Gasteiger partial charge in [-0.3, -0.25) is 0 Å². The third kappa shape index (κ3) is 1.28. The zero-order valence-electron chi connectivity index (χ0n) is 5.87. The Morgan fingerprint density at radius 2 is 2.50 bits per heavy atom. The molecule has 0 aliphatic rings. The predicted molar refractivity (Wildman–Crippen MR) is 38.6 cm³/mol. The van der Waals surface area contributed by atoms with Gasteiger partial charge in [-0.05, 0) is 13.0 Å². The van der Waals surface area contributed by atoms with E-state index in [1.54, 1.807) is 6.07 Å². The first-order chi connectivity index (χ1) is 4.74. The van der Waals surface area contributed by atoms with Crippen LogP contribution < -0.4 is 0 Å². The predicted octanol–water partition coefficient (Wildman–Crippen LogP) is 1.81. The minimum Gasteiger partial charge on any atom is -0.469 e. The van der Waals surface area contributed by atoms with Crippen LogP contribution in [0.5, 0.6) is 0 Å². The molecule has 0 amide bonds. The van der Waals surface area contributed by atoms with Gasteiger partial charge < -0.3 is 9.52 Å². The van der Waals surface area contributed by atoms with Crippen molar-refractivity contribution in [3.8, 4) is 0 Å². The molecule has 0 spiro atoms. The Morgan fingerprint density at radius 3 is 2.90 bits per heavy atom. The van der Waals surface area contributed by atoms with Gasteiger partial charge in [-0.2, -0.15) is 0 Å². The first-order valence-electron chi connectivity index (χ1n) is 3.09. The summed E-state index contributed by atoms with van der Waals surface area (Å²) in [5.74, 6) is 0.802. The molecular weight excluding hydrogens is 128 g/mol. The summed E-state index contributed by atoms with van der Waals surface area (Å²) in [5.41, 5.74) is 0.757. The van der Waals surface area contributed by atoms with Crippen LogP contribution in [0.25, 0.3) is 0 Å². The van der Waals surface area contributed by atoms with Gasteiger partial charge in [0.05, 0.1) is 12.4 Å². The maximum absolute atomic E-state index is 9.16. The summed E-state index contributed by atoms with van der Waals surface area (Å²) in [4.78, 5) is 0. The van der Waals surface area contributed by atoms with E-state index in [0.29, 0.717) is 0 Å². The van der Waals surface area contributed by atoms with E-state index in [2.05, 4.69) is 6.58 Å². The molecule has 0 saturated heterocycles. The molecule has 1 aromatic rings. The second-order valence-electron chi connectivity index (χ2n) is 2.17. The molecule has 1 heterocycles. The lowest BCUT2D eigenvalue weighted by molar-refractivity contribution is 0.228. The second kappa shape index (κ2) is 2.71. The average Bonchev–Trinajstić information content (AvgIpc) is 2.34. The van der Waals surface area contributed by atoms with Crippen LogP contribution in [-0.4, -0.2) is 5.11 Å². The van der Waals surface area contributed by atoms with E-state index in [4.69, 9.17) is 9.52 Å². The third-order valence-corrected chi connectivity index (χ3v) is 1.32. The lowest BCUT2D eigenvalue weighted by Gasteiger charge is -1.96. The largest absolute Gasteiger partial charge is 0.469 e. The molecular formula is C8H10O2. The van der Waals surface area contributed by atoms with Gasteiger partial charge in [0.25, 0.3) is 0 Å². The molecule has 10 heavy (non-hydrogen) atoms. The maximum atomic E-state index is 9.16. The van der Waals surface area contributed by atoms with Crippen LogP contribution >= 0.6 is 0 Å². The fourth-order valence-corrected chi connectivity index (χ4v) is 0.755. The smallest absolute Gasteiger partial charge is 0.101 e. The summed E-state index contributed by atoms with van der Waals surface area (Å²) < 4.78 is 4.98. The lowest BCUT2D eigenvalue weighted by atomic mass is 10.2. The van der Waals surface area contributed by atoms with Crippen molar-refractivity contribution < 1.29 is 9.52 Å². The molecule has 1 N–H and O–H groups in total. The molecule has 0 radical (unpaired) electrons. The summed E-state index contributed by atoms with van der Waals surface area (Å²) in [6.07, 6.45) is 2.39. The molecule has 0 bridgehead atoms. The number of aryl methyl sites for hydroxylation is 1. The van der Waals surface area contributed by atoms with Crippen molar-refractivity contribution in [2.45, 2.75) is 13.0 Å². The SMILES string of the molecule is C=CC(O)c1coc(C)c1. The number of furan rings is 1. The monoisotopic (exact) mass is 138 g/mol. The van der Waals surface area contributed by atoms with Crippen LogP contribution in [0.4, 0.5) is 0 Å². The van der Waals surface area contributed by atoms with Crippen molar-refractivity contribution in [1.29, 1.82) is 0 Å². The molecule has 0 aliphatic heterocycles. The van der Waals surface area contributed by atoms with Crippen LogP contribution in [-0.2, 0) is 0 Å². The fraction of sp³-hybridized carbons (Fsp3) is 0.250. The molecule has 1 atom stereocenters. The summed E-state index contributed by atoms with van der Waals surface area (Å²) in [5, 5.41) is 9.16. The van der Waals surface area contributed by atoms with E-state index >= 15 is 0 Å². The highest BCUT2D eigenvalue weighted by Gasteiger charge is 2.04. The van der Waals surface area contributed by atoms with Crippen LogP contribution in [0.3, 0.4) is 0 Å². The Bertz CT molecular complexity index is 225. The molecule has 2 nitrogen and oxygen atoms in total. The first kappa shape index (κ1) is 7.09. The van der Waals surface area contributed by atoms with Gasteiger partial charge in [-0.15, -0.1) is 6.58 Å². The number of aliphatic hydroxyl groups excluding tert-OH is 1.